The fourth-order valence-electron chi connectivity index (χ4n) is 2.98. The highest BCUT2D eigenvalue weighted by Crippen LogP contribution is 2.27. The lowest BCUT2D eigenvalue weighted by molar-refractivity contribution is -0.168. The second-order valence-corrected chi connectivity index (χ2v) is 18.6. The number of rotatable bonds is 22. The van der Waals surface area contributed by atoms with Crippen LogP contribution in [0.5, 0.6) is 0 Å². The molecule has 0 heterocycles. The molecule has 0 N–H and O–H groups in total. The summed E-state index contributed by atoms with van der Waals surface area (Å²) in [5, 5.41) is -1.27. The molecule has 0 saturated carbocycles. The van der Waals surface area contributed by atoms with E-state index in [9.17, 15) is 36.0 Å². The minimum atomic E-state index is -4.04. The van der Waals surface area contributed by atoms with E-state index in [1.54, 1.807) is 55.4 Å². The first-order valence-electron chi connectivity index (χ1n) is 15.2. The summed E-state index contributed by atoms with van der Waals surface area (Å²) < 4.78 is 79.8. The van der Waals surface area contributed by atoms with Gasteiger partial charge in [-0.15, -0.1) is 0 Å². The molecule has 0 rings (SSSR count). The van der Waals surface area contributed by atoms with E-state index < -0.39 is 77.7 Å². The summed E-state index contributed by atoms with van der Waals surface area (Å²) in [7, 11) is -8.08. The Morgan fingerprint density at radius 2 is 0.894 bits per heavy atom. The molecule has 0 amide bonds. The Labute approximate surface area is 288 Å². The van der Waals surface area contributed by atoms with E-state index in [4.69, 9.17) is 27.3 Å². The van der Waals surface area contributed by atoms with Crippen molar-refractivity contribution in [1.29, 1.82) is 0 Å². The van der Waals surface area contributed by atoms with Crippen molar-refractivity contribution >= 4 is 66.3 Å². The summed E-state index contributed by atoms with van der Waals surface area (Å²) in [5.41, 5.74) is -1.27. The van der Waals surface area contributed by atoms with Gasteiger partial charge in [-0.1, -0.05) is 55.4 Å². The van der Waals surface area contributed by atoms with Crippen LogP contribution in [-0.4, -0.2) is 88.2 Å². The summed E-state index contributed by atoms with van der Waals surface area (Å²) >= 11 is 1.72. The van der Waals surface area contributed by atoms with E-state index in [0.29, 0.717) is 24.3 Å². The molecule has 276 valence electrons. The molecule has 0 aliphatic carbocycles. The largest absolute Gasteiger partial charge is 0.425 e. The molecule has 0 aliphatic heterocycles. The lowest BCUT2D eigenvalue weighted by Crippen LogP contribution is -2.26. The zero-order valence-corrected chi connectivity index (χ0v) is 32.3. The zero-order chi connectivity index (χ0) is 36.6. The van der Waals surface area contributed by atoms with E-state index in [1.807, 2.05) is 0 Å². The lowest BCUT2D eigenvalue weighted by atomic mass is 9.92. The predicted molar refractivity (Wildman–Crippen MR) is 180 cm³/mol. The third-order valence-electron chi connectivity index (χ3n) is 6.08. The second-order valence-electron chi connectivity index (χ2n) is 13.0. The van der Waals surface area contributed by atoms with Crippen LogP contribution in [0.15, 0.2) is 0 Å². The first-order valence-corrected chi connectivity index (χ1v) is 20.3. The molecule has 47 heavy (non-hydrogen) atoms. The molecule has 2 atom stereocenters. The van der Waals surface area contributed by atoms with Crippen LogP contribution in [0.1, 0.15) is 88.5 Å². The lowest BCUT2D eigenvalue weighted by Gasteiger charge is -2.24. The van der Waals surface area contributed by atoms with Gasteiger partial charge in [-0.2, -0.15) is 16.8 Å². The van der Waals surface area contributed by atoms with Crippen molar-refractivity contribution in [2.75, 3.05) is 36.2 Å². The number of thioether (sulfide) groups is 2. The van der Waals surface area contributed by atoms with Gasteiger partial charge in [0.05, 0.1) is 36.6 Å². The Hall–Kier alpha value is -1.60. The second kappa shape index (κ2) is 20.8. The van der Waals surface area contributed by atoms with E-state index in [2.05, 4.69) is 0 Å². The molecule has 0 saturated heterocycles. The molecule has 0 radical (unpaired) electrons. The van der Waals surface area contributed by atoms with Gasteiger partial charge < -0.3 is 18.9 Å². The van der Waals surface area contributed by atoms with E-state index in [-0.39, 0.29) is 31.5 Å². The maximum absolute atomic E-state index is 12.4. The van der Waals surface area contributed by atoms with Gasteiger partial charge in [0, 0.05) is 25.4 Å². The summed E-state index contributed by atoms with van der Waals surface area (Å²) in [6.45, 7) is 16.2. The van der Waals surface area contributed by atoms with Crippen molar-refractivity contribution in [2.24, 2.45) is 22.7 Å². The van der Waals surface area contributed by atoms with Crippen molar-refractivity contribution in [3.8, 4) is 0 Å². The molecule has 0 bridgehead atoms. The van der Waals surface area contributed by atoms with Crippen LogP contribution in [-0.2, 0) is 57.1 Å². The molecule has 0 aliphatic rings. The van der Waals surface area contributed by atoms with Gasteiger partial charge in [0.1, 0.15) is 0 Å². The van der Waals surface area contributed by atoms with Gasteiger partial charge in [0.15, 0.2) is 0 Å². The molecular formula is C29H52O14S4. The minimum Gasteiger partial charge on any atom is -0.425 e. The topological polar surface area (TPSA) is 192 Å². The predicted octanol–water partition coefficient (Wildman–Crippen LogP) is 5.73. The number of carbonyl (C=O) groups excluding carboxylic acids is 4. The van der Waals surface area contributed by atoms with Gasteiger partial charge in [-0.3, -0.25) is 18.0 Å². The normalized spacial score (nSPS) is 14.0. The minimum absolute atomic E-state index is 0.182. The van der Waals surface area contributed by atoms with Crippen LogP contribution in [0, 0.1) is 22.7 Å². The SMILES string of the molecule is CC(OC(=O)SCCC(C)(C)COS(=O)(=O)CCCS(=O)(=O)OCC(C)(C)CCSC(=O)OC(C)OC(=O)C(C)C)OC(=O)C(C)C. The summed E-state index contributed by atoms with van der Waals surface area (Å²) in [6, 6.07) is 0. The van der Waals surface area contributed by atoms with E-state index in [0.717, 1.165) is 23.5 Å². The van der Waals surface area contributed by atoms with Gasteiger partial charge >= 0.3 is 22.5 Å². The van der Waals surface area contributed by atoms with Crippen molar-refractivity contribution in [1.82, 2.24) is 0 Å². The molecule has 2 unspecified atom stereocenters. The van der Waals surface area contributed by atoms with Crippen LogP contribution in [0.3, 0.4) is 0 Å². The number of ether oxygens (including phenoxy) is 4. The van der Waals surface area contributed by atoms with Gasteiger partial charge in [0.2, 0.25) is 12.6 Å². The molecular weight excluding hydrogens is 701 g/mol. The first-order chi connectivity index (χ1) is 21.4. The van der Waals surface area contributed by atoms with Crippen LogP contribution in [0.2, 0.25) is 0 Å². The smallest absolute Gasteiger partial charge is 0.370 e. The maximum Gasteiger partial charge on any atom is 0.370 e. The third-order valence-corrected chi connectivity index (χ3v) is 10.1. The molecule has 18 heteroatoms. The molecule has 0 spiro atoms. The van der Waals surface area contributed by atoms with Crippen LogP contribution in [0.25, 0.3) is 0 Å². The fraction of sp³-hybridized carbons (Fsp3) is 0.862. The molecule has 0 aromatic heterocycles. The summed E-state index contributed by atoms with van der Waals surface area (Å²) in [6.07, 6.45) is -1.52. The van der Waals surface area contributed by atoms with Gasteiger partial charge in [-0.05, 0) is 53.6 Å². The van der Waals surface area contributed by atoms with Crippen molar-refractivity contribution in [2.45, 2.75) is 101 Å². The standard InChI is InChI=1S/C29H52O14S4/c1-20(2)24(30)40-22(5)42-26(32)44-14-12-28(7,8)18-38-46(34,35)16-11-17-47(36,37)39-19-29(9,10)13-15-45-27(33)43-23(6)41-25(31)21(3)4/h20-23H,11-19H2,1-10H3. The highest BCUT2D eigenvalue weighted by molar-refractivity contribution is 8.13. The summed E-state index contributed by atoms with van der Waals surface area (Å²) in [5.74, 6) is -2.19. The third kappa shape index (κ3) is 23.4. The van der Waals surface area contributed by atoms with Crippen molar-refractivity contribution < 1.29 is 63.3 Å². The number of hydrogen-bond acceptors (Lipinski definition) is 16. The number of carbonyl (C=O) groups is 4. The maximum atomic E-state index is 12.4. The Bertz CT molecular complexity index is 1130. The van der Waals surface area contributed by atoms with Gasteiger partial charge in [0.25, 0.3) is 20.2 Å². The summed E-state index contributed by atoms with van der Waals surface area (Å²) in [4.78, 5) is 47.1. The Kier molecular flexibility index (Phi) is 20.1. The van der Waals surface area contributed by atoms with Crippen LogP contribution in [0.4, 0.5) is 9.59 Å². The average molecular weight is 753 g/mol. The van der Waals surface area contributed by atoms with E-state index in [1.165, 1.54) is 13.8 Å². The molecule has 0 aromatic rings. The molecule has 0 fully saturated rings. The van der Waals surface area contributed by atoms with Crippen LogP contribution >= 0.6 is 23.5 Å². The first kappa shape index (κ1) is 45.4. The average Bonchev–Trinajstić information content (AvgIpc) is 2.90. The number of esters is 2. The zero-order valence-electron chi connectivity index (χ0n) is 29.0. The van der Waals surface area contributed by atoms with Gasteiger partial charge in [-0.25, -0.2) is 9.59 Å². The Balaban J connectivity index is 4.45. The fourth-order valence-corrected chi connectivity index (χ4v) is 7.44. The van der Waals surface area contributed by atoms with Crippen molar-refractivity contribution in [3.05, 3.63) is 0 Å². The Morgan fingerprint density at radius 1 is 0.574 bits per heavy atom. The molecule has 14 nitrogen and oxygen atoms in total. The Morgan fingerprint density at radius 3 is 1.19 bits per heavy atom. The van der Waals surface area contributed by atoms with Crippen LogP contribution < -0.4 is 0 Å². The molecule has 0 aromatic carbocycles. The highest BCUT2D eigenvalue weighted by atomic mass is 32.2. The highest BCUT2D eigenvalue weighted by Gasteiger charge is 2.27. The number of hydrogen-bond donors (Lipinski definition) is 0. The van der Waals surface area contributed by atoms with Crippen molar-refractivity contribution in [3.63, 3.8) is 0 Å². The van der Waals surface area contributed by atoms with E-state index >= 15 is 0 Å². The monoisotopic (exact) mass is 752 g/mol. The quantitative estimate of drug-likeness (QED) is 0.0739.